The van der Waals surface area contributed by atoms with E-state index in [1.54, 1.807) is 0 Å². The van der Waals surface area contributed by atoms with Crippen LogP contribution in [-0.4, -0.2) is 91.6 Å². The van der Waals surface area contributed by atoms with Crippen LogP contribution in [0.4, 0.5) is 34.4 Å². The highest BCUT2D eigenvalue weighted by Crippen LogP contribution is 2.47. The van der Waals surface area contributed by atoms with Crippen molar-refractivity contribution >= 4 is 80.6 Å². The first kappa shape index (κ1) is 99.3. The van der Waals surface area contributed by atoms with Crippen LogP contribution in [0, 0.1) is 41.5 Å². The fraction of sp³-hybridized carbons (Fsp3) is 0.293. The van der Waals surface area contributed by atoms with E-state index in [0.29, 0.717) is 76.3 Å². The zero-order valence-corrected chi connectivity index (χ0v) is 83.4. The molecule has 5 N–H and O–H groups in total. The number of H-pyrrole nitrogens is 5. The van der Waals surface area contributed by atoms with Crippen LogP contribution in [-0.2, 0) is 77.4 Å². The van der Waals surface area contributed by atoms with E-state index < -0.39 is 33.7 Å². The first-order valence-corrected chi connectivity index (χ1v) is 50.0. The Balaban J connectivity index is 0.000000123. The zero-order chi connectivity index (χ0) is 101. The van der Waals surface area contributed by atoms with E-state index in [1.165, 1.54) is 96.3 Å². The summed E-state index contributed by atoms with van der Waals surface area (Å²) in [6, 6.07) is 71.4. The third-order valence-electron chi connectivity index (χ3n) is 26.7. The highest BCUT2D eigenvalue weighted by molar-refractivity contribution is 5.84. The number of nitrogens with one attached hydrogen (secondary N) is 5. The molecule has 0 unspecified atom stereocenters. The van der Waals surface area contributed by atoms with Gasteiger partial charge in [0.25, 0.3) is 27.8 Å². The number of nitrogens with zero attached hydrogens (tertiary/aromatic N) is 15. The predicted octanol–water partition coefficient (Wildman–Crippen LogP) is 16.8. The van der Waals surface area contributed by atoms with Crippen molar-refractivity contribution in [1.82, 2.24) is 78.5 Å². The Bertz CT molecular complexity index is 8480. The average molecular weight is 1920 g/mol. The minimum atomic E-state index is -0.642. The van der Waals surface area contributed by atoms with Crippen molar-refractivity contribution in [1.29, 1.82) is 0 Å². The Hall–Kier alpha value is -16.3. The third-order valence-corrected chi connectivity index (χ3v) is 26.7. The lowest BCUT2D eigenvalue weighted by atomic mass is 10.0. The summed E-state index contributed by atoms with van der Waals surface area (Å²) in [4.78, 5) is 158. The smallest absolute Gasteiger partial charge is 0.322 e. The molecule has 0 atom stereocenters. The summed E-state index contributed by atoms with van der Waals surface area (Å²) in [5, 5.41) is 0.746. The number of fused-ring (bicyclic) bond motifs is 10. The lowest BCUT2D eigenvalue weighted by molar-refractivity contribution is 0.648. The molecule has 144 heavy (non-hydrogen) atoms. The molecule has 0 spiro atoms. The van der Waals surface area contributed by atoms with Crippen LogP contribution < -0.4 is 76.3 Å². The van der Waals surface area contributed by atoms with Crippen LogP contribution in [0.25, 0.3) is 80.8 Å². The van der Waals surface area contributed by atoms with E-state index in [4.69, 9.17) is 0 Å². The second-order valence-electron chi connectivity index (χ2n) is 37.6. The van der Waals surface area contributed by atoms with Gasteiger partial charge in [0.15, 0.2) is 56.9 Å². The first-order valence-electron chi connectivity index (χ1n) is 50.0. The molecule has 9 aliphatic rings. The van der Waals surface area contributed by atoms with Gasteiger partial charge in [0.2, 0.25) is 0 Å². The van der Waals surface area contributed by atoms with E-state index in [2.05, 4.69) is 331 Å². The Labute approximate surface area is 832 Å². The summed E-state index contributed by atoms with van der Waals surface area (Å²) >= 11 is 0. The molecule has 10 aromatic carbocycles. The van der Waals surface area contributed by atoms with Crippen LogP contribution in [0.15, 0.2) is 255 Å². The van der Waals surface area contributed by atoms with Gasteiger partial charge in [-0.2, -0.15) is 15.0 Å². The van der Waals surface area contributed by atoms with Gasteiger partial charge in [-0.05, 0) is 283 Å². The molecule has 8 aliphatic heterocycles. The second kappa shape index (κ2) is 44.7. The number of rotatable bonds is 27. The highest BCUT2D eigenvalue weighted by Gasteiger charge is 2.32. The number of hydrogen-bond acceptors (Lipinski definition) is 20. The van der Waals surface area contributed by atoms with Gasteiger partial charge in [0.1, 0.15) is 11.0 Å². The standard InChI is InChI=1S/C24H24N4O.C24H26N4O.2C23H24N4O2.C22H22N4O2/c1-15-13-20-21(14-19(15)18-10-11-18)28(12-6-9-17-7-4-3-5-8-17)23-22(27-20)24(29)26-16(2)25-23;1-4-9-19-15-21-20(14-16(19)2)27-22-23(25-17(3)26-24(22)29)28(21)13-8-12-18-10-6-5-7-11-18;1-4-17-13-18-19(12-15(17)3)27(11-5-6-16-9-7-14(2)8-10-16)21-20(24-18)22(28)26-23(29)25-21;1-3-5-17-11-12-19-18(14-17)24-20-21(25-23(29)26-22(20)28)27(19)13-4-6-16-9-7-15(2)8-10-16;1-3-15-9-10-18-17(13-15)23-19-20(24-22(28)25-21(19)27)26(18)11-5-8-16-7-4-6-14(2)12-16/h3-5,7-8,13-14,18H,2,6,9-12H2,1H3,(H,26,29);5-7,10-11,14-15H,3-4,8-9,12-13H2,1-2H3,(H,26,29);7-10,12-13H,4-6,11H2,1-3H3,(H,26,28,29);7-12,14H,3-6,13H2,1-2H3,(H,26,28,29);4,6-7,9-10,12-13H,3,5,8,11H2,1-2H3,(H,25,27,28). The summed E-state index contributed by atoms with van der Waals surface area (Å²) in [6.45, 7) is 32.2. The Morgan fingerprint density at radius 1 is 0.319 bits per heavy atom. The molecule has 21 rings (SSSR count). The maximum absolute atomic E-state index is 12.5. The third kappa shape index (κ3) is 23.1. The Morgan fingerprint density at radius 2 is 0.715 bits per heavy atom. The number of benzene rings is 10. The Morgan fingerprint density at radius 3 is 1.17 bits per heavy atom. The fourth-order valence-electron chi connectivity index (χ4n) is 19.2. The van der Waals surface area contributed by atoms with Gasteiger partial charge in [-0.1, -0.05) is 216 Å². The van der Waals surface area contributed by atoms with Crippen molar-refractivity contribution in [3.05, 3.63) is 400 Å². The summed E-state index contributed by atoms with van der Waals surface area (Å²) in [6.07, 6.45) is 17.5. The second-order valence-corrected chi connectivity index (χ2v) is 37.6. The predicted molar refractivity (Wildman–Crippen MR) is 573 cm³/mol. The van der Waals surface area contributed by atoms with E-state index in [-0.39, 0.29) is 28.2 Å². The van der Waals surface area contributed by atoms with Crippen LogP contribution in [0.2, 0.25) is 0 Å². The van der Waals surface area contributed by atoms with Crippen molar-refractivity contribution in [3.8, 4) is 34.6 Å². The lowest BCUT2D eigenvalue weighted by Gasteiger charge is -2.29. The lowest BCUT2D eigenvalue weighted by Crippen LogP contribution is -2.42. The number of aromatic amines is 5. The molecule has 2 aromatic heterocycles. The van der Waals surface area contributed by atoms with E-state index >= 15 is 0 Å². The molecule has 0 saturated heterocycles. The van der Waals surface area contributed by atoms with Crippen molar-refractivity contribution in [3.63, 3.8) is 0 Å². The number of hydrogen-bond donors (Lipinski definition) is 5. The molecule has 1 aliphatic carbocycles. The van der Waals surface area contributed by atoms with Crippen LogP contribution >= 0.6 is 0 Å². The molecule has 0 bridgehead atoms. The fourth-order valence-corrected chi connectivity index (χ4v) is 19.2. The minimum absolute atomic E-state index is 0.205. The quantitative estimate of drug-likeness (QED) is 0.0299. The van der Waals surface area contributed by atoms with E-state index in [9.17, 15) is 38.4 Å². The molecular weight excluding hydrogens is 1800 g/mol. The minimum Gasteiger partial charge on any atom is -0.322 e. The van der Waals surface area contributed by atoms with Gasteiger partial charge in [0, 0.05) is 32.7 Å². The summed E-state index contributed by atoms with van der Waals surface area (Å²) in [5.74, 6) is 2.91. The Kier molecular flexibility index (Phi) is 30.8. The molecule has 12 aromatic rings. The summed E-state index contributed by atoms with van der Waals surface area (Å²) in [5.41, 5.74) is 26.2. The van der Waals surface area contributed by atoms with Gasteiger partial charge < -0.3 is 33.5 Å². The van der Waals surface area contributed by atoms with Crippen molar-refractivity contribution in [2.75, 3.05) is 22.9 Å². The zero-order valence-electron chi connectivity index (χ0n) is 83.4. The molecule has 0 amide bonds. The normalized spacial score (nSPS) is 12.3. The van der Waals surface area contributed by atoms with E-state index in [1.807, 2.05) is 56.2 Å². The van der Waals surface area contributed by atoms with Gasteiger partial charge in [-0.3, -0.25) is 38.9 Å². The van der Waals surface area contributed by atoms with Gasteiger partial charge in [-0.25, -0.2) is 49.3 Å². The first-order chi connectivity index (χ1) is 69.7. The van der Waals surface area contributed by atoms with Gasteiger partial charge in [0.05, 0.1) is 55.8 Å². The number of aryl methyl sites for hydroxylation is 18. The maximum Gasteiger partial charge on any atom is 0.349 e. The molecule has 28 nitrogen and oxygen atoms in total. The molecule has 10 heterocycles. The summed E-state index contributed by atoms with van der Waals surface area (Å²) < 4.78 is 5.87. The van der Waals surface area contributed by atoms with Crippen LogP contribution in [0.3, 0.4) is 0 Å². The molecule has 1 saturated carbocycles. The molecule has 28 heteroatoms. The highest BCUT2D eigenvalue weighted by atomic mass is 16.2. The van der Waals surface area contributed by atoms with Gasteiger partial charge >= 0.3 is 17.1 Å². The van der Waals surface area contributed by atoms with Crippen molar-refractivity contribution in [2.24, 2.45) is 9.98 Å². The monoisotopic (exact) mass is 1920 g/mol. The molecular formula is C116H120N20O8. The molecule has 0 radical (unpaired) electrons. The SMILES string of the molecule is C=c1nc2c(c(=O)[nH]1)=Nc1cc(C)c(C3CC3)cc1N2CCCc1ccccc1.C=c1nc2c(c(=O)[nH]1)=Nc1cc(C)c(CCC)cc1N2CCCc1ccccc1.CCCc1ccc2c(c1)nc1c(=O)[nH]c(=O)nc-1n2CCCc1ccc(C)cc1.CCc1cc2nc3c(=O)[nH]c(=O)nc-3n(CCCc3ccc(C)cc3)c2cc1C.CCc1ccc2c(c1)nc1c(=O)[nH]c(=O)nc-1n2CCCc1cccc(C)c1. The average Bonchev–Trinajstić information content (AvgIpc) is 0.791. The van der Waals surface area contributed by atoms with Crippen molar-refractivity contribution < 1.29 is 0 Å². The van der Waals surface area contributed by atoms with Crippen LogP contribution in [0.5, 0.6) is 0 Å². The summed E-state index contributed by atoms with van der Waals surface area (Å²) in [7, 11) is 0. The number of aromatic nitrogens is 16. The molecule has 732 valence electrons. The number of anilines is 4. The van der Waals surface area contributed by atoms with Crippen molar-refractivity contribution in [2.45, 2.75) is 210 Å². The largest absolute Gasteiger partial charge is 0.349 e. The topological polar surface area (TPSA) is 365 Å². The van der Waals surface area contributed by atoms with Crippen LogP contribution in [0.1, 0.15) is 180 Å². The maximum atomic E-state index is 12.5. The molecule has 1 fully saturated rings. The van der Waals surface area contributed by atoms with E-state index in [0.717, 1.165) is 177 Å². The van der Waals surface area contributed by atoms with Gasteiger partial charge in [-0.15, -0.1) is 0 Å².